The second-order valence-electron chi connectivity index (χ2n) is 3.38. The van der Waals surface area contributed by atoms with Gasteiger partial charge in [-0.15, -0.1) is 0 Å². The monoisotopic (exact) mass is 236 g/mol. The van der Waals surface area contributed by atoms with Crippen molar-refractivity contribution in [2.24, 2.45) is 0 Å². The van der Waals surface area contributed by atoms with E-state index in [1.165, 1.54) is 20.4 Å². The van der Waals surface area contributed by atoms with E-state index >= 15 is 0 Å². The Hall–Kier alpha value is -2.44. The molecule has 7 nitrogen and oxygen atoms in total. The zero-order valence-electron chi connectivity index (χ0n) is 9.43. The number of hydrogen-bond donors (Lipinski definition) is 2. The van der Waals surface area contributed by atoms with Crippen LogP contribution in [0.2, 0.25) is 0 Å². The van der Waals surface area contributed by atoms with Gasteiger partial charge in [0.15, 0.2) is 23.2 Å². The highest BCUT2D eigenvalue weighted by atomic mass is 16.5. The van der Waals surface area contributed by atoms with E-state index < -0.39 is 0 Å². The van der Waals surface area contributed by atoms with E-state index in [1.807, 2.05) is 0 Å². The van der Waals surface area contributed by atoms with Crippen LogP contribution in [-0.4, -0.2) is 19.2 Å². The number of hydrogen-bond acceptors (Lipinski definition) is 6. The SMILES string of the molecule is COc1c(OC)c(N)c2c(cnc[n+]2[O-])c1N. The molecular formula is C10H12N4O3. The largest absolute Gasteiger partial charge is 0.710 e. The molecule has 0 aliphatic carbocycles. The Balaban J connectivity index is 2.99. The normalized spacial score (nSPS) is 10.5. The van der Waals surface area contributed by atoms with Gasteiger partial charge in [0.05, 0.1) is 25.3 Å². The summed E-state index contributed by atoms with van der Waals surface area (Å²) < 4.78 is 10.8. The summed E-state index contributed by atoms with van der Waals surface area (Å²) >= 11 is 0. The lowest BCUT2D eigenvalue weighted by molar-refractivity contribution is -0.580. The molecule has 1 aromatic heterocycles. The topological polar surface area (TPSA) is 110 Å². The first-order valence-electron chi connectivity index (χ1n) is 4.77. The van der Waals surface area contributed by atoms with Crippen LogP contribution in [0.5, 0.6) is 11.5 Å². The van der Waals surface area contributed by atoms with Gasteiger partial charge < -0.3 is 26.1 Å². The van der Waals surface area contributed by atoms with Crippen LogP contribution in [0.3, 0.4) is 0 Å². The van der Waals surface area contributed by atoms with Crippen molar-refractivity contribution >= 4 is 22.3 Å². The van der Waals surface area contributed by atoms with E-state index in [4.69, 9.17) is 20.9 Å². The van der Waals surface area contributed by atoms with Crippen LogP contribution in [0.4, 0.5) is 11.4 Å². The molecule has 1 aromatic carbocycles. The first-order valence-corrected chi connectivity index (χ1v) is 4.77. The Morgan fingerprint density at radius 1 is 1.18 bits per heavy atom. The van der Waals surface area contributed by atoms with Gasteiger partial charge >= 0.3 is 0 Å². The summed E-state index contributed by atoms with van der Waals surface area (Å²) in [6, 6.07) is 0. The second-order valence-corrected chi connectivity index (χ2v) is 3.38. The molecule has 0 aliphatic heterocycles. The standard InChI is InChI=1S/C10H12N4O3/c1-16-9-6(11)5-3-13-4-14(15)8(5)7(12)10(9)17-2/h3-4H,11-12H2,1-2H3. The van der Waals surface area contributed by atoms with Crippen LogP contribution >= 0.6 is 0 Å². The smallest absolute Gasteiger partial charge is 0.289 e. The molecule has 2 aromatic rings. The minimum Gasteiger partial charge on any atom is -0.710 e. The number of ether oxygens (including phenoxy) is 2. The third-order valence-electron chi connectivity index (χ3n) is 2.50. The van der Waals surface area contributed by atoms with Gasteiger partial charge in [-0.3, -0.25) is 0 Å². The molecule has 17 heavy (non-hydrogen) atoms. The Labute approximate surface area is 97.1 Å². The van der Waals surface area contributed by atoms with Crippen molar-refractivity contribution in [3.8, 4) is 11.5 Å². The lowest BCUT2D eigenvalue weighted by atomic mass is 10.1. The maximum atomic E-state index is 11.6. The van der Waals surface area contributed by atoms with Crippen LogP contribution in [-0.2, 0) is 0 Å². The van der Waals surface area contributed by atoms with Crippen molar-refractivity contribution in [2.75, 3.05) is 25.7 Å². The first-order chi connectivity index (χ1) is 8.11. The second kappa shape index (κ2) is 3.85. The average molecular weight is 236 g/mol. The number of rotatable bonds is 2. The van der Waals surface area contributed by atoms with Gasteiger partial charge in [-0.25, -0.2) is 4.73 Å². The third-order valence-corrected chi connectivity index (χ3v) is 2.50. The number of benzene rings is 1. The number of nitrogens with zero attached hydrogens (tertiary/aromatic N) is 2. The highest BCUT2D eigenvalue weighted by Gasteiger charge is 2.21. The zero-order valence-corrected chi connectivity index (χ0v) is 9.43. The predicted molar refractivity (Wildman–Crippen MR) is 62.6 cm³/mol. The lowest BCUT2D eigenvalue weighted by Crippen LogP contribution is -2.28. The van der Waals surface area contributed by atoms with Crippen molar-refractivity contribution in [1.82, 2.24) is 4.98 Å². The van der Waals surface area contributed by atoms with E-state index in [-0.39, 0.29) is 22.6 Å². The molecule has 0 radical (unpaired) electrons. The van der Waals surface area contributed by atoms with Crippen LogP contribution in [0.15, 0.2) is 12.5 Å². The van der Waals surface area contributed by atoms with Crippen molar-refractivity contribution < 1.29 is 14.2 Å². The Bertz CT molecular complexity index is 586. The van der Waals surface area contributed by atoms with E-state index in [1.54, 1.807) is 0 Å². The lowest BCUT2D eigenvalue weighted by Gasteiger charge is -2.16. The predicted octanol–water partition coefficient (Wildman–Crippen LogP) is 0.0498. The van der Waals surface area contributed by atoms with Crippen molar-refractivity contribution in [2.45, 2.75) is 0 Å². The molecule has 0 unspecified atom stereocenters. The summed E-state index contributed by atoms with van der Waals surface area (Å²) in [6.45, 7) is 0. The van der Waals surface area contributed by atoms with Crippen LogP contribution in [0, 0.1) is 5.21 Å². The van der Waals surface area contributed by atoms with Crippen molar-refractivity contribution in [3.63, 3.8) is 0 Å². The molecule has 0 saturated carbocycles. The fourth-order valence-electron chi connectivity index (χ4n) is 1.75. The number of anilines is 2. The van der Waals surface area contributed by atoms with Crippen molar-refractivity contribution in [1.29, 1.82) is 0 Å². The average Bonchev–Trinajstić information content (AvgIpc) is 2.33. The molecular weight excluding hydrogens is 224 g/mol. The molecule has 0 bridgehead atoms. The molecule has 0 amide bonds. The van der Waals surface area contributed by atoms with Crippen LogP contribution in [0.1, 0.15) is 0 Å². The molecule has 1 heterocycles. The third kappa shape index (κ3) is 1.43. The number of aromatic nitrogens is 2. The molecule has 4 N–H and O–H groups in total. The van der Waals surface area contributed by atoms with E-state index in [0.717, 1.165) is 6.33 Å². The molecule has 7 heteroatoms. The molecule has 2 rings (SSSR count). The summed E-state index contributed by atoms with van der Waals surface area (Å²) in [6.07, 6.45) is 2.56. The van der Waals surface area contributed by atoms with Gasteiger partial charge in [-0.05, 0) is 0 Å². The number of fused-ring (bicyclic) bond motifs is 1. The van der Waals surface area contributed by atoms with E-state index in [0.29, 0.717) is 15.9 Å². The van der Waals surface area contributed by atoms with Gasteiger partial charge in [0.25, 0.3) is 6.33 Å². The van der Waals surface area contributed by atoms with Gasteiger partial charge in [-0.1, -0.05) is 4.98 Å². The quantitative estimate of drug-likeness (QED) is 0.433. The van der Waals surface area contributed by atoms with E-state index in [9.17, 15) is 5.21 Å². The number of nitrogen functional groups attached to an aromatic ring is 2. The van der Waals surface area contributed by atoms with Crippen LogP contribution < -0.4 is 25.7 Å². The summed E-state index contributed by atoms with van der Waals surface area (Å²) in [5.41, 5.74) is 12.4. The maximum Gasteiger partial charge on any atom is 0.289 e. The van der Waals surface area contributed by atoms with Gasteiger partial charge in [0.2, 0.25) is 0 Å². The zero-order chi connectivity index (χ0) is 12.6. The molecule has 0 aliphatic rings. The number of methoxy groups -OCH3 is 2. The Morgan fingerprint density at radius 2 is 1.76 bits per heavy atom. The van der Waals surface area contributed by atoms with Gasteiger partial charge in [0, 0.05) is 0 Å². The number of nitrogens with two attached hydrogens (primary N) is 2. The Morgan fingerprint density at radius 3 is 2.35 bits per heavy atom. The first kappa shape index (κ1) is 11.1. The van der Waals surface area contributed by atoms with E-state index in [2.05, 4.69) is 4.98 Å². The minimum atomic E-state index is 0.172. The highest BCUT2D eigenvalue weighted by Crippen LogP contribution is 2.43. The highest BCUT2D eigenvalue weighted by molar-refractivity contribution is 6.02. The molecule has 0 atom stereocenters. The molecule has 0 fully saturated rings. The van der Waals surface area contributed by atoms with Crippen LogP contribution in [0.25, 0.3) is 10.9 Å². The Kier molecular flexibility index (Phi) is 2.51. The minimum absolute atomic E-state index is 0.172. The van der Waals surface area contributed by atoms with Gasteiger partial charge in [-0.2, -0.15) is 0 Å². The molecule has 90 valence electrons. The summed E-state index contributed by atoms with van der Waals surface area (Å²) in [4.78, 5) is 3.76. The fourth-order valence-corrected chi connectivity index (χ4v) is 1.75. The van der Waals surface area contributed by atoms with Gasteiger partial charge in [0.1, 0.15) is 5.69 Å². The fraction of sp³-hybridized carbons (Fsp3) is 0.200. The maximum absolute atomic E-state index is 11.6. The summed E-state index contributed by atoms with van der Waals surface area (Å²) in [5.74, 6) is 0.541. The van der Waals surface area contributed by atoms with Crippen molar-refractivity contribution in [3.05, 3.63) is 17.7 Å². The summed E-state index contributed by atoms with van der Waals surface area (Å²) in [7, 11) is 2.87. The molecule has 0 spiro atoms. The summed E-state index contributed by atoms with van der Waals surface area (Å²) in [5, 5.41) is 12.1. The molecule has 0 saturated heterocycles.